The minimum Gasteiger partial charge on any atom is -0.360 e. The number of anilines is 1. The molecule has 1 heterocycles. The van der Waals surface area contributed by atoms with E-state index >= 15 is 0 Å². The molecule has 0 unspecified atom stereocenters. The monoisotopic (exact) mass is 331 g/mol. The highest BCUT2D eigenvalue weighted by Crippen LogP contribution is 2.58. The van der Waals surface area contributed by atoms with Crippen molar-refractivity contribution < 1.29 is 4.90 Å². The van der Waals surface area contributed by atoms with E-state index in [0.29, 0.717) is 5.41 Å². The number of nitrogens with zero attached hydrogens (tertiary/aromatic N) is 1. The van der Waals surface area contributed by atoms with E-state index in [0.717, 1.165) is 29.9 Å². The average molecular weight is 332 g/mol. The molecule has 1 aromatic rings. The van der Waals surface area contributed by atoms with Crippen LogP contribution in [0.15, 0.2) is 35.9 Å². The third kappa shape index (κ3) is 2.81. The number of hydrogen-bond acceptors (Lipinski definition) is 1. The van der Waals surface area contributed by atoms with Gasteiger partial charge in [0.15, 0.2) is 0 Å². The summed E-state index contributed by atoms with van der Waals surface area (Å²) in [6.45, 7) is 11.0. The van der Waals surface area contributed by atoms with Crippen molar-refractivity contribution >= 4 is 17.3 Å². The van der Waals surface area contributed by atoms with Crippen molar-refractivity contribution in [2.45, 2.75) is 26.7 Å². The predicted octanol–water partition coefficient (Wildman–Crippen LogP) is 3.04. The Balaban J connectivity index is 1.34. The molecule has 124 valence electrons. The predicted molar refractivity (Wildman–Crippen MR) is 97.3 cm³/mol. The van der Waals surface area contributed by atoms with E-state index in [1.54, 1.807) is 10.5 Å². The lowest BCUT2D eigenvalue weighted by Crippen LogP contribution is -3.15. The van der Waals surface area contributed by atoms with Gasteiger partial charge in [0.1, 0.15) is 0 Å². The fourth-order valence-electron chi connectivity index (χ4n) is 4.87. The van der Waals surface area contributed by atoms with Gasteiger partial charge in [-0.3, -0.25) is 0 Å². The second-order valence-electron chi connectivity index (χ2n) is 8.21. The van der Waals surface area contributed by atoms with Crippen molar-refractivity contribution in [1.82, 2.24) is 0 Å². The Hall–Kier alpha value is -0.990. The lowest BCUT2D eigenvalue weighted by atomic mass is 9.49. The van der Waals surface area contributed by atoms with Gasteiger partial charge < -0.3 is 9.80 Å². The van der Waals surface area contributed by atoms with Crippen LogP contribution in [0.1, 0.15) is 26.7 Å². The molecule has 1 saturated heterocycles. The number of rotatable bonds is 3. The van der Waals surface area contributed by atoms with E-state index in [2.05, 4.69) is 37.0 Å². The average Bonchev–Trinajstić information content (AvgIpc) is 2.56. The lowest BCUT2D eigenvalue weighted by molar-refractivity contribution is -0.896. The Labute approximate surface area is 145 Å². The van der Waals surface area contributed by atoms with Crippen LogP contribution in [0.25, 0.3) is 0 Å². The number of halogens is 1. The Morgan fingerprint density at radius 1 is 1.17 bits per heavy atom. The molecular weight excluding hydrogens is 304 g/mol. The molecule has 23 heavy (non-hydrogen) atoms. The van der Waals surface area contributed by atoms with E-state index in [9.17, 15) is 0 Å². The van der Waals surface area contributed by atoms with Crippen molar-refractivity contribution in [3.05, 3.63) is 40.9 Å². The molecule has 1 saturated carbocycles. The summed E-state index contributed by atoms with van der Waals surface area (Å²) in [7, 11) is 0. The number of piperazine rings is 1. The zero-order valence-corrected chi connectivity index (χ0v) is 15.1. The summed E-state index contributed by atoms with van der Waals surface area (Å²) < 4.78 is 0. The van der Waals surface area contributed by atoms with Crippen LogP contribution < -0.4 is 9.80 Å². The zero-order chi connectivity index (χ0) is 16.0. The van der Waals surface area contributed by atoms with Gasteiger partial charge in [-0.05, 0) is 59.9 Å². The molecule has 0 spiro atoms. The van der Waals surface area contributed by atoms with Gasteiger partial charge >= 0.3 is 0 Å². The quantitative estimate of drug-likeness (QED) is 0.837. The van der Waals surface area contributed by atoms with E-state index in [1.165, 1.54) is 38.2 Å². The van der Waals surface area contributed by atoms with E-state index < -0.39 is 0 Å². The fourth-order valence-corrected chi connectivity index (χ4v) is 5.00. The summed E-state index contributed by atoms with van der Waals surface area (Å²) in [5, 5.41) is 0.823. The molecule has 0 aromatic heterocycles. The fraction of sp³-hybridized carbons (Fsp3) is 0.600. The Bertz CT molecular complexity index is 597. The van der Waals surface area contributed by atoms with Gasteiger partial charge in [-0.1, -0.05) is 31.5 Å². The first-order chi connectivity index (χ1) is 11.0. The van der Waals surface area contributed by atoms with Crippen LogP contribution in [0.5, 0.6) is 0 Å². The van der Waals surface area contributed by atoms with E-state index in [4.69, 9.17) is 11.6 Å². The molecule has 5 rings (SSSR count). The molecule has 2 nitrogen and oxygen atoms in total. The van der Waals surface area contributed by atoms with Crippen LogP contribution >= 0.6 is 11.6 Å². The van der Waals surface area contributed by atoms with E-state index in [-0.39, 0.29) is 0 Å². The van der Waals surface area contributed by atoms with Gasteiger partial charge in [0, 0.05) is 10.7 Å². The Morgan fingerprint density at radius 3 is 2.48 bits per heavy atom. The van der Waals surface area contributed by atoms with Gasteiger partial charge in [0.25, 0.3) is 0 Å². The van der Waals surface area contributed by atoms with Crippen molar-refractivity contribution in [2.75, 3.05) is 37.6 Å². The first-order valence-electron chi connectivity index (χ1n) is 9.07. The highest BCUT2D eigenvalue weighted by molar-refractivity contribution is 6.30. The third-order valence-electron chi connectivity index (χ3n) is 6.70. The maximum Gasteiger partial charge on any atom is 0.0991 e. The molecular formula is C20H28ClN2+. The molecule has 2 atom stereocenters. The Kier molecular flexibility index (Phi) is 3.93. The van der Waals surface area contributed by atoms with Gasteiger partial charge in [0.05, 0.1) is 32.7 Å². The minimum absolute atomic E-state index is 0.564. The van der Waals surface area contributed by atoms with Crippen LogP contribution in [0.3, 0.4) is 0 Å². The van der Waals surface area contributed by atoms with Crippen molar-refractivity contribution in [3.8, 4) is 0 Å². The first-order valence-corrected chi connectivity index (χ1v) is 9.45. The van der Waals surface area contributed by atoms with Crippen molar-refractivity contribution in [3.63, 3.8) is 0 Å². The number of hydrogen-bond donors (Lipinski definition) is 1. The van der Waals surface area contributed by atoms with Gasteiger partial charge in [-0.25, -0.2) is 0 Å². The Morgan fingerprint density at radius 2 is 1.87 bits per heavy atom. The first kappa shape index (κ1) is 15.5. The maximum absolute atomic E-state index is 5.99. The molecule has 2 bridgehead atoms. The second-order valence-corrected chi connectivity index (χ2v) is 8.65. The van der Waals surface area contributed by atoms with Crippen molar-refractivity contribution in [2.24, 2.45) is 17.3 Å². The summed E-state index contributed by atoms with van der Waals surface area (Å²) in [6.07, 6.45) is 5.34. The summed E-state index contributed by atoms with van der Waals surface area (Å²) in [6, 6.07) is 8.29. The number of fused-ring (bicyclic) bond motifs is 1. The van der Waals surface area contributed by atoms with E-state index in [1.807, 2.05) is 12.1 Å². The molecule has 1 aromatic carbocycles. The number of quaternary nitrogens is 1. The molecule has 0 radical (unpaired) electrons. The highest BCUT2D eigenvalue weighted by Gasteiger charge is 2.51. The van der Waals surface area contributed by atoms with Crippen LogP contribution in [0.4, 0.5) is 5.69 Å². The van der Waals surface area contributed by atoms with Crippen LogP contribution in [-0.4, -0.2) is 32.7 Å². The second kappa shape index (κ2) is 5.82. The normalized spacial score (nSPS) is 29.9. The molecule has 0 amide bonds. The summed E-state index contributed by atoms with van der Waals surface area (Å²) in [5.74, 6) is 1.82. The maximum atomic E-state index is 5.99. The topological polar surface area (TPSA) is 7.68 Å². The standard InChI is InChI=1S/C20H27ClN2/c1-20(2)16-4-3-15(19(20)13-16)14-22-9-11-23(12-10-22)18-7-5-17(21)6-8-18/h3,5-8,16,19H,4,9-14H2,1-2H3/p+1/t16-,19-/m0/s1. The minimum atomic E-state index is 0.564. The number of benzene rings is 1. The van der Waals surface area contributed by atoms with Crippen LogP contribution in [0.2, 0.25) is 5.02 Å². The smallest absolute Gasteiger partial charge is 0.0991 e. The number of nitrogens with one attached hydrogen (secondary N) is 1. The lowest BCUT2D eigenvalue weighted by Gasteiger charge is -2.56. The van der Waals surface area contributed by atoms with Crippen LogP contribution in [-0.2, 0) is 0 Å². The van der Waals surface area contributed by atoms with Gasteiger partial charge in [-0.2, -0.15) is 0 Å². The summed E-state index contributed by atoms with van der Waals surface area (Å²) in [5.41, 5.74) is 3.63. The molecule has 3 heteroatoms. The van der Waals surface area contributed by atoms with Gasteiger partial charge in [-0.15, -0.1) is 0 Å². The third-order valence-corrected chi connectivity index (χ3v) is 6.95. The summed E-state index contributed by atoms with van der Waals surface area (Å²) >= 11 is 5.99. The van der Waals surface area contributed by atoms with Crippen molar-refractivity contribution in [1.29, 1.82) is 0 Å². The molecule has 4 aliphatic rings. The molecule has 3 aliphatic carbocycles. The van der Waals surface area contributed by atoms with Crippen LogP contribution in [0, 0.1) is 17.3 Å². The largest absolute Gasteiger partial charge is 0.360 e. The molecule has 1 N–H and O–H groups in total. The SMILES string of the molecule is CC1(C)[C@H]2CC=C(C[NH+]3CCN(c4ccc(Cl)cc4)CC3)[C@@H]1C2. The molecule has 1 aliphatic heterocycles. The highest BCUT2D eigenvalue weighted by atomic mass is 35.5. The summed E-state index contributed by atoms with van der Waals surface area (Å²) in [4.78, 5) is 4.26. The van der Waals surface area contributed by atoms with Gasteiger partial charge in [0.2, 0.25) is 0 Å². The zero-order valence-electron chi connectivity index (χ0n) is 14.3. The number of allylic oxidation sites excluding steroid dienone is 1. The molecule has 2 fully saturated rings.